The highest BCUT2D eigenvalue weighted by Crippen LogP contribution is 2.20. The minimum absolute atomic E-state index is 0. The predicted octanol–water partition coefficient (Wildman–Crippen LogP) is 19.4. The van der Waals surface area contributed by atoms with Crippen LogP contribution in [0.15, 0.2) is 145 Å². The summed E-state index contributed by atoms with van der Waals surface area (Å²) < 4.78 is 7.00. The topological polar surface area (TPSA) is 18.8 Å². The SMILES string of the molecule is C.C.C.C.C.C.CC.CC.CC.CC.CC.CC.CN1CCC/C1=C/C=C/C=C/C=C\C1=[N+](C)CCC1.CN1CCC/C1=C/C=C/C=C/C=C\C1=[N+](C)CCC1.CN1CCC/C1=C/C=C/C=C/C=C\C1=[N+](C)CCC1. The molecular formula is C69H135N6+3. The van der Waals surface area contributed by atoms with Crippen molar-refractivity contribution in [3.05, 3.63) is 145 Å². The minimum Gasteiger partial charge on any atom is -0.378 e. The van der Waals surface area contributed by atoms with Crippen LogP contribution in [-0.4, -0.2) is 127 Å². The van der Waals surface area contributed by atoms with Crippen LogP contribution in [0.25, 0.3) is 0 Å². The molecule has 0 aromatic carbocycles. The second-order valence-electron chi connectivity index (χ2n) is 16.0. The lowest BCUT2D eigenvalue weighted by molar-refractivity contribution is -0.488. The number of allylic oxidation sites excluding steroid dienone is 24. The Labute approximate surface area is 474 Å². The lowest BCUT2D eigenvalue weighted by Crippen LogP contribution is -2.09. The third kappa shape index (κ3) is 43.1. The quantitative estimate of drug-likeness (QED) is 0.143. The van der Waals surface area contributed by atoms with Crippen molar-refractivity contribution in [3.63, 3.8) is 0 Å². The molecule has 0 aromatic heterocycles. The molecule has 0 amide bonds. The van der Waals surface area contributed by atoms with Gasteiger partial charge in [0.15, 0.2) is 17.1 Å². The standard InChI is InChI=1S/3C17H25N2.6C2H6.6CH4/c3*1-18-14-8-12-16(18)10-6-4-3-5-7-11-17-13-9-15-19(17)2;6*1-2;;;;;;/h3*3-7,10-11H,8-9,12-15H2,1-2H3;6*1-2H3;6*1H4/q3*+1;;;;;;;;;;;;. The maximum atomic E-state index is 2.33. The molecule has 3 fully saturated rings. The molecule has 0 aliphatic carbocycles. The summed E-state index contributed by atoms with van der Waals surface area (Å²) in [5.41, 5.74) is 8.69. The molecule has 6 aliphatic heterocycles. The normalized spacial score (nSPS) is 18.2. The van der Waals surface area contributed by atoms with Gasteiger partial charge in [0.2, 0.25) is 0 Å². The van der Waals surface area contributed by atoms with Crippen molar-refractivity contribution >= 4 is 17.1 Å². The molecule has 6 aliphatic rings. The van der Waals surface area contributed by atoms with Crippen molar-refractivity contribution < 1.29 is 13.7 Å². The van der Waals surface area contributed by atoms with E-state index >= 15 is 0 Å². The van der Waals surface area contributed by atoms with Crippen LogP contribution in [-0.2, 0) is 0 Å². The smallest absolute Gasteiger partial charge is 0.176 e. The minimum atomic E-state index is 0. The van der Waals surface area contributed by atoms with Crippen LogP contribution < -0.4 is 0 Å². The Morgan fingerprint density at radius 1 is 0.280 bits per heavy atom. The molecule has 0 unspecified atom stereocenters. The monoisotopic (exact) mass is 1050 g/mol. The fourth-order valence-corrected chi connectivity index (χ4v) is 7.83. The van der Waals surface area contributed by atoms with Crippen molar-refractivity contribution in [1.29, 1.82) is 0 Å². The Hall–Kier alpha value is -4.71. The van der Waals surface area contributed by atoms with Crippen LogP contribution in [0.3, 0.4) is 0 Å². The first-order chi connectivity index (χ1) is 33.8. The molecule has 3 saturated heterocycles. The number of nitrogens with zero attached hydrogens (tertiary/aromatic N) is 6. The van der Waals surface area contributed by atoms with Gasteiger partial charge in [0.05, 0.1) is 0 Å². The molecule has 0 radical (unpaired) electrons. The summed E-state index contributed by atoms with van der Waals surface area (Å²) in [5, 5.41) is 0. The van der Waals surface area contributed by atoms with Crippen LogP contribution in [0, 0.1) is 0 Å². The van der Waals surface area contributed by atoms with E-state index in [0.29, 0.717) is 0 Å². The molecule has 6 heterocycles. The summed E-state index contributed by atoms with van der Waals surface area (Å²) in [6.07, 6.45) is 60.1. The highest BCUT2D eigenvalue weighted by molar-refractivity contribution is 5.92. The van der Waals surface area contributed by atoms with Gasteiger partial charge in [-0.05, 0) is 56.8 Å². The van der Waals surface area contributed by atoms with E-state index in [1.165, 1.54) is 151 Å². The van der Waals surface area contributed by atoms with Crippen LogP contribution in [0.2, 0.25) is 0 Å². The van der Waals surface area contributed by atoms with Gasteiger partial charge in [0.1, 0.15) is 40.8 Å². The highest BCUT2D eigenvalue weighted by atomic mass is 15.1. The zero-order chi connectivity index (χ0) is 52.5. The van der Waals surface area contributed by atoms with E-state index in [-0.39, 0.29) is 44.6 Å². The lowest BCUT2D eigenvalue weighted by atomic mass is 10.2. The summed E-state index contributed by atoms with van der Waals surface area (Å²) in [5.74, 6) is 0. The summed E-state index contributed by atoms with van der Waals surface area (Å²) in [6.45, 7) is 31.2. The van der Waals surface area contributed by atoms with Gasteiger partial charge in [-0.15, -0.1) is 0 Å². The van der Waals surface area contributed by atoms with Gasteiger partial charge in [-0.1, -0.05) is 219 Å². The number of hydrogen-bond donors (Lipinski definition) is 0. The molecule has 6 nitrogen and oxygen atoms in total. The van der Waals surface area contributed by atoms with E-state index in [9.17, 15) is 0 Å². The van der Waals surface area contributed by atoms with E-state index in [4.69, 9.17) is 0 Å². The average Bonchev–Trinajstić information content (AvgIpc) is 4.30. The second-order valence-corrected chi connectivity index (χ2v) is 16.0. The predicted molar refractivity (Wildman–Crippen MR) is 356 cm³/mol. The van der Waals surface area contributed by atoms with Gasteiger partial charge in [-0.3, -0.25) is 0 Å². The molecule has 6 rings (SSSR count). The largest absolute Gasteiger partial charge is 0.378 e. The Morgan fingerprint density at radius 3 is 0.653 bits per heavy atom. The molecule has 438 valence electrons. The van der Waals surface area contributed by atoms with Crippen LogP contribution >= 0.6 is 0 Å². The average molecular weight is 1050 g/mol. The molecule has 6 heteroatoms. The van der Waals surface area contributed by atoms with Gasteiger partial charge in [0, 0.05) is 115 Å². The highest BCUT2D eigenvalue weighted by Gasteiger charge is 2.17. The summed E-state index contributed by atoms with van der Waals surface area (Å²) in [4.78, 5) is 7.00. The van der Waals surface area contributed by atoms with Crippen molar-refractivity contribution in [2.45, 2.75) is 205 Å². The van der Waals surface area contributed by atoms with Gasteiger partial charge in [0.25, 0.3) is 0 Å². The van der Waals surface area contributed by atoms with E-state index in [0.717, 1.165) is 0 Å². The maximum Gasteiger partial charge on any atom is 0.176 e. The van der Waals surface area contributed by atoms with Crippen LogP contribution in [0.4, 0.5) is 0 Å². The van der Waals surface area contributed by atoms with E-state index < -0.39 is 0 Å². The number of likely N-dealkylation sites (tertiary alicyclic amines) is 3. The van der Waals surface area contributed by atoms with E-state index in [1.54, 1.807) is 0 Å². The molecule has 0 bridgehead atoms. The van der Waals surface area contributed by atoms with E-state index in [2.05, 4.69) is 198 Å². The van der Waals surface area contributed by atoms with Crippen molar-refractivity contribution in [3.8, 4) is 0 Å². The molecule has 0 spiro atoms. The van der Waals surface area contributed by atoms with Crippen LogP contribution in [0.5, 0.6) is 0 Å². The maximum absolute atomic E-state index is 2.33. The van der Waals surface area contributed by atoms with Crippen molar-refractivity contribution in [2.75, 3.05) is 81.6 Å². The van der Waals surface area contributed by atoms with Gasteiger partial charge in [-0.25, -0.2) is 13.7 Å². The molecule has 0 saturated carbocycles. The van der Waals surface area contributed by atoms with Gasteiger partial charge >= 0.3 is 0 Å². The first-order valence-electron chi connectivity index (χ1n) is 27.8. The molecule has 0 aromatic rings. The van der Waals surface area contributed by atoms with Gasteiger partial charge < -0.3 is 14.7 Å². The first-order valence-corrected chi connectivity index (χ1v) is 27.8. The first kappa shape index (κ1) is 89.8. The van der Waals surface area contributed by atoms with Crippen LogP contribution in [0.1, 0.15) is 205 Å². The number of hydrogen-bond acceptors (Lipinski definition) is 3. The Balaban J connectivity index is -0.000000109. The van der Waals surface area contributed by atoms with Crippen molar-refractivity contribution in [1.82, 2.24) is 14.7 Å². The zero-order valence-corrected chi connectivity index (χ0v) is 48.5. The van der Waals surface area contributed by atoms with E-state index in [1.807, 2.05) is 83.1 Å². The Kier molecular flexibility index (Phi) is 78.3. The molecular weight excluding hydrogens is 913 g/mol. The number of rotatable bonds is 12. The Morgan fingerprint density at radius 2 is 0.480 bits per heavy atom. The fraction of sp³-hybridized carbons (Fsp3) is 0.609. The Bertz CT molecular complexity index is 1560. The summed E-state index contributed by atoms with van der Waals surface area (Å²) in [7, 11) is 13.0. The molecule has 0 atom stereocenters. The lowest BCUT2D eigenvalue weighted by Gasteiger charge is -2.10. The summed E-state index contributed by atoms with van der Waals surface area (Å²) in [6, 6.07) is 0. The molecule has 0 N–H and O–H groups in total. The third-order valence-corrected chi connectivity index (χ3v) is 11.6. The summed E-state index contributed by atoms with van der Waals surface area (Å²) >= 11 is 0. The van der Waals surface area contributed by atoms with Crippen molar-refractivity contribution in [2.24, 2.45) is 0 Å². The van der Waals surface area contributed by atoms with Gasteiger partial charge in [-0.2, -0.15) is 0 Å². The zero-order valence-electron chi connectivity index (χ0n) is 48.5. The molecule has 75 heavy (non-hydrogen) atoms. The third-order valence-electron chi connectivity index (χ3n) is 11.6. The fourth-order valence-electron chi connectivity index (χ4n) is 7.83. The second kappa shape index (κ2) is 65.4.